The minimum atomic E-state index is -5.05. The molecule has 2 aliphatic carbocycles. The van der Waals surface area contributed by atoms with E-state index in [4.69, 9.17) is 11.6 Å². The van der Waals surface area contributed by atoms with Crippen molar-refractivity contribution in [2.75, 3.05) is 11.4 Å². The number of halogens is 4. The van der Waals surface area contributed by atoms with E-state index < -0.39 is 70.6 Å². The zero-order valence-electron chi connectivity index (χ0n) is 24.9. The van der Waals surface area contributed by atoms with Crippen LogP contribution in [0.5, 0.6) is 11.5 Å². The highest BCUT2D eigenvalue weighted by Gasteiger charge is 2.70. The fourth-order valence-corrected chi connectivity index (χ4v) is 8.61. The van der Waals surface area contributed by atoms with Gasteiger partial charge in [0.2, 0.25) is 23.6 Å². The van der Waals surface area contributed by atoms with Crippen molar-refractivity contribution in [2.24, 2.45) is 23.7 Å². The normalized spacial score (nSPS) is 28.6. The van der Waals surface area contributed by atoms with Gasteiger partial charge in [-0.1, -0.05) is 59.6 Å². The second kappa shape index (κ2) is 11.0. The standard InChI is InChI=1S/C35H28ClF3N2O6/c1-2-40-30(43)23-13-12-22-24(28(23)32(40)45)17-26-31(44)41(20-10-6-9-19(36)15-20)33(46)34(26,18-7-4-3-5-8-18)29(22)25-16-21(11-14-27(25)42)47-35(37,38)39/h3-12,14-16,23-24,26,28-29,42H,2,13,17H2,1H3/t23-,24+,26-,28-,29+,34+/m0/s1. The molecule has 0 spiro atoms. The smallest absolute Gasteiger partial charge is 0.508 e. The average Bonchev–Trinajstić information content (AvgIpc) is 3.42. The number of rotatable bonds is 5. The zero-order valence-corrected chi connectivity index (χ0v) is 25.7. The SMILES string of the molecule is CCN1C(=O)[C@H]2[C@H](CC=C3[C@H]2C[C@H]2C(=O)N(c4cccc(Cl)c4)C(=O)[C@@]2(c2ccccc2)[C@H]3c2cc(OC(F)(F)F)ccc2O)C1=O. The summed E-state index contributed by atoms with van der Waals surface area (Å²) >= 11 is 6.29. The van der Waals surface area contributed by atoms with E-state index in [0.29, 0.717) is 11.1 Å². The molecule has 2 aliphatic heterocycles. The molecule has 242 valence electrons. The van der Waals surface area contributed by atoms with Gasteiger partial charge in [0.1, 0.15) is 11.5 Å². The minimum absolute atomic E-state index is 0.0100. The first kappa shape index (κ1) is 31.0. The van der Waals surface area contributed by atoms with Gasteiger partial charge < -0.3 is 9.84 Å². The third kappa shape index (κ3) is 4.57. The fraction of sp³-hybridized carbons (Fsp3) is 0.314. The molecule has 12 heteroatoms. The first-order valence-corrected chi connectivity index (χ1v) is 15.6. The Kier molecular flexibility index (Phi) is 7.23. The number of allylic oxidation sites excluding steroid dienone is 2. The van der Waals surface area contributed by atoms with Crippen LogP contribution in [0.25, 0.3) is 0 Å². The largest absolute Gasteiger partial charge is 0.573 e. The molecule has 6 atom stereocenters. The Bertz CT molecular complexity index is 1860. The molecule has 7 rings (SSSR count). The van der Waals surface area contributed by atoms with E-state index >= 15 is 4.79 Å². The molecule has 1 saturated carbocycles. The first-order chi connectivity index (χ1) is 22.4. The summed E-state index contributed by atoms with van der Waals surface area (Å²) in [5.74, 6) is -7.63. The Morgan fingerprint density at radius 2 is 1.68 bits per heavy atom. The highest BCUT2D eigenvalue weighted by Crippen LogP contribution is 2.65. The van der Waals surface area contributed by atoms with Gasteiger partial charge in [-0.2, -0.15) is 0 Å². The van der Waals surface area contributed by atoms with E-state index in [1.54, 1.807) is 61.5 Å². The van der Waals surface area contributed by atoms with Gasteiger partial charge in [-0.25, -0.2) is 4.90 Å². The molecule has 2 heterocycles. The van der Waals surface area contributed by atoms with Crippen LogP contribution in [0.4, 0.5) is 18.9 Å². The molecule has 0 unspecified atom stereocenters. The average molecular weight is 665 g/mol. The summed E-state index contributed by atoms with van der Waals surface area (Å²) in [6.07, 6.45) is -3.14. The number of fused-ring (bicyclic) bond motifs is 4. The van der Waals surface area contributed by atoms with Gasteiger partial charge in [-0.3, -0.25) is 24.1 Å². The van der Waals surface area contributed by atoms with Crippen molar-refractivity contribution in [3.8, 4) is 11.5 Å². The molecule has 2 saturated heterocycles. The van der Waals surface area contributed by atoms with Crippen molar-refractivity contribution < 1.29 is 42.2 Å². The Labute approximate surface area is 272 Å². The quantitative estimate of drug-likeness (QED) is 0.260. The maximum Gasteiger partial charge on any atom is 0.573 e. The lowest BCUT2D eigenvalue weighted by Gasteiger charge is -2.50. The molecule has 1 N–H and O–H groups in total. The number of alkyl halides is 3. The number of amides is 4. The number of phenolic OH excluding ortho intramolecular Hbond substituents is 1. The van der Waals surface area contributed by atoms with Crippen molar-refractivity contribution in [2.45, 2.75) is 37.5 Å². The zero-order chi connectivity index (χ0) is 33.4. The number of aromatic hydroxyl groups is 1. The number of nitrogens with zero attached hydrogens (tertiary/aromatic N) is 2. The van der Waals surface area contributed by atoms with Crippen molar-refractivity contribution in [3.63, 3.8) is 0 Å². The number of benzene rings is 3. The van der Waals surface area contributed by atoms with Gasteiger partial charge in [-0.05, 0) is 67.6 Å². The lowest BCUT2D eigenvalue weighted by atomic mass is 9.49. The van der Waals surface area contributed by atoms with Gasteiger partial charge in [0.15, 0.2) is 0 Å². The number of imide groups is 2. The lowest BCUT2D eigenvalue weighted by molar-refractivity contribution is -0.274. The predicted molar refractivity (Wildman–Crippen MR) is 163 cm³/mol. The molecule has 0 aromatic heterocycles. The summed E-state index contributed by atoms with van der Waals surface area (Å²) < 4.78 is 44.5. The second-order valence-electron chi connectivity index (χ2n) is 12.3. The van der Waals surface area contributed by atoms with Crippen LogP contribution < -0.4 is 9.64 Å². The number of hydrogen-bond acceptors (Lipinski definition) is 6. The summed E-state index contributed by atoms with van der Waals surface area (Å²) in [5.41, 5.74) is -0.731. The lowest BCUT2D eigenvalue weighted by Crippen LogP contribution is -2.53. The molecule has 4 amide bonds. The summed E-state index contributed by atoms with van der Waals surface area (Å²) in [7, 11) is 0. The Morgan fingerprint density at radius 3 is 2.36 bits per heavy atom. The number of carbonyl (C=O) groups excluding carboxylic acids is 4. The molecule has 3 fully saturated rings. The molecule has 0 bridgehead atoms. The van der Waals surface area contributed by atoms with Crippen LogP contribution in [0.1, 0.15) is 36.8 Å². The van der Waals surface area contributed by atoms with Crippen LogP contribution >= 0.6 is 11.6 Å². The number of carbonyl (C=O) groups is 4. The highest BCUT2D eigenvalue weighted by atomic mass is 35.5. The van der Waals surface area contributed by atoms with Gasteiger partial charge in [0.05, 0.1) is 28.9 Å². The van der Waals surface area contributed by atoms with Crippen LogP contribution in [0.2, 0.25) is 5.02 Å². The summed E-state index contributed by atoms with van der Waals surface area (Å²) in [5, 5.41) is 11.6. The second-order valence-corrected chi connectivity index (χ2v) is 12.7. The van der Waals surface area contributed by atoms with Gasteiger partial charge >= 0.3 is 6.36 Å². The fourth-order valence-electron chi connectivity index (χ4n) is 8.43. The Morgan fingerprint density at radius 1 is 0.936 bits per heavy atom. The highest BCUT2D eigenvalue weighted by molar-refractivity contribution is 6.32. The van der Waals surface area contributed by atoms with Crippen LogP contribution in [0, 0.1) is 23.7 Å². The van der Waals surface area contributed by atoms with E-state index in [-0.39, 0.29) is 41.6 Å². The molecular formula is C35H28ClF3N2O6. The van der Waals surface area contributed by atoms with Gasteiger partial charge in [-0.15, -0.1) is 13.2 Å². The Balaban J connectivity index is 1.52. The number of phenols is 1. The van der Waals surface area contributed by atoms with Crippen LogP contribution in [-0.4, -0.2) is 46.5 Å². The maximum atomic E-state index is 15.1. The van der Waals surface area contributed by atoms with Crippen molar-refractivity contribution in [3.05, 3.63) is 101 Å². The van der Waals surface area contributed by atoms with E-state index in [1.807, 2.05) is 0 Å². The summed E-state index contributed by atoms with van der Waals surface area (Å²) in [6.45, 7) is 1.85. The van der Waals surface area contributed by atoms with E-state index in [2.05, 4.69) is 4.74 Å². The van der Waals surface area contributed by atoms with Gasteiger partial charge in [0.25, 0.3) is 0 Å². The first-order valence-electron chi connectivity index (χ1n) is 15.2. The van der Waals surface area contributed by atoms with Gasteiger partial charge in [0, 0.05) is 23.0 Å². The van der Waals surface area contributed by atoms with Crippen molar-refractivity contribution in [1.29, 1.82) is 0 Å². The topological polar surface area (TPSA) is 104 Å². The molecule has 47 heavy (non-hydrogen) atoms. The molecule has 4 aliphatic rings. The molecular weight excluding hydrogens is 637 g/mol. The molecule has 8 nitrogen and oxygen atoms in total. The summed E-state index contributed by atoms with van der Waals surface area (Å²) in [4.78, 5) is 59.1. The summed E-state index contributed by atoms with van der Waals surface area (Å²) in [6, 6.07) is 17.7. The molecule has 3 aromatic carbocycles. The third-order valence-electron chi connectivity index (χ3n) is 10.1. The van der Waals surface area contributed by atoms with E-state index in [9.17, 15) is 32.7 Å². The third-order valence-corrected chi connectivity index (χ3v) is 10.4. The van der Waals surface area contributed by atoms with Crippen LogP contribution in [-0.2, 0) is 24.6 Å². The van der Waals surface area contributed by atoms with Crippen molar-refractivity contribution in [1.82, 2.24) is 4.90 Å². The van der Waals surface area contributed by atoms with Crippen LogP contribution in [0.3, 0.4) is 0 Å². The number of likely N-dealkylation sites (tertiary alicyclic amines) is 1. The number of ether oxygens (including phenoxy) is 1. The predicted octanol–water partition coefficient (Wildman–Crippen LogP) is 6.13. The van der Waals surface area contributed by atoms with E-state index in [0.717, 1.165) is 23.1 Å². The Hall–Kier alpha value is -4.64. The van der Waals surface area contributed by atoms with Crippen LogP contribution in [0.15, 0.2) is 84.4 Å². The molecule has 3 aromatic rings. The van der Waals surface area contributed by atoms with Crippen molar-refractivity contribution >= 4 is 40.9 Å². The van der Waals surface area contributed by atoms with E-state index in [1.165, 1.54) is 11.0 Å². The monoisotopic (exact) mass is 664 g/mol. The minimum Gasteiger partial charge on any atom is -0.508 e. The number of hydrogen-bond donors (Lipinski definition) is 1. The number of anilines is 1. The molecule has 0 radical (unpaired) electrons. The maximum absolute atomic E-state index is 15.1.